The van der Waals surface area contributed by atoms with Gasteiger partial charge >= 0.3 is 0 Å². The maximum atomic E-state index is 6.16. The average molecular weight is 302 g/mol. The Labute approximate surface area is 130 Å². The van der Waals surface area contributed by atoms with Gasteiger partial charge in [-0.2, -0.15) is 0 Å². The first-order valence-electron chi connectivity index (χ1n) is 7.89. The van der Waals surface area contributed by atoms with Crippen LogP contribution in [0.3, 0.4) is 0 Å². The van der Waals surface area contributed by atoms with Gasteiger partial charge in [-0.3, -0.25) is 4.90 Å². The summed E-state index contributed by atoms with van der Waals surface area (Å²) < 4.78 is 8.46. The number of hydrogen-bond donors (Lipinski definition) is 0. The van der Waals surface area contributed by atoms with Gasteiger partial charge < -0.3 is 9.30 Å². The van der Waals surface area contributed by atoms with Gasteiger partial charge in [-0.25, -0.2) is 0 Å². The molecule has 0 aromatic carbocycles. The van der Waals surface area contributed by atoms with E-state index in [-0.39, 0.29) is 0 Å². The largest absolute Gasteiger partial charge is 0.375 e. The van der Waals surface area contributed by atoms with E-state index in [1.807, 2.05) is 11.3 Å². The molecular formula is C17H22N2OS. The molecule has 3 nitrogen and oxygen atoms in total. The molecule has 1 aliphatic carbocycles. The van der Waals surface area contributed by atoms with E-state index >= 15 is 0 Å². The zero-order valence-corrected chi connectivity index (χ0v) is 13.0. The Kier molecular flexibility index (Phi) is 3.84. The van der Waals surface area contributed by atoms with Gasteiger partial charge in [-0.1, -0.05) is 6.07 Å². The van der Waals surface area contributed by atoms with Crippen LogP contribution in [0.4, 0.5) is 0 Å². The number of fused-ring (bicyclic) bond motifs is 1. The molecule has 21 heavy (non-hydrogen) atoms. The van der Waals surface area contributed by atoms with E-state index in [1.54, 1.807) is 0 Å². The summed E-state index contributed by atoms with van der Waals surface area (Å²) in [4.78, 5) is 4.12. The molecule has 3 heterocycles. The van der Waals surface area contributed by atoms with Crippen molar-refractivity contribution in [3.8, 4) is 0 Å². The first-order valence-corrected chi connectivity index (χ1v) is 8.77. The van der Waals surface area contributed by atoms with Crippen molar-refractivity contribution in [3.05, 3.63) is 46.9 Å². The topological polar surface area (TPSA) is 17.4 Å². The van der Waals surface area contributed by atoms with Crippen molar-refractivity contribution in [1.82, 2.24) is 9.47 Å². The highest BCUT2D eigenvalue weighted by Crippen LogP contribution is 2.36. The Hall–Kier alpha value is -1.10. The second-order valence-corrected chi connectivity index (χ2v) is 7.20. The van der Waals surface area contributed by atoms with Crippen LogP contribution in [0, 0.1) is 5.92 Å². The van der Waals surface area contributed by atoms with Crippen LogP contribution >= 0.6 is 11.3 Å². The van der Waals surface area contributed by atoms with Gasteiger partial charge in [0, 0.05) is 48.9 Å². The Bertz CT molecular complexity index is 551. The third-order valence-electron chi connectivity index (χ3n) is 4.89. The molecule has 2 aromatic heterocycles. The van der Waals surface area contributed by atoms with Gasteiger partial charge in [0.15, 0.2) is 0 Å². The monoisotopic (exact) mass is 302 g/mol. The molecule has 0 N–H and O–H groups in total. The average Bonchev–Trinajstić information content (AvgIpc) is 3.22. The Morgan fingerprint density at radius 2 is 2.10 bits per heavy atom. The third kappa shape index (κ3) is 2.80. The smallest absolute Gasteiger partial charge is 0.0776 e. The van der Waals surface area contributed by atoms with Crippen molar-refractivity contribution < 1.29 is 4.74 Å². The lowest BCUT2D eigenvalue weighted by Gasteiger charge is -2.39. The molecule has 0 unspecified atom stereocenters. The fourth-order valence-corrected chi connectivity index (χ4v) is 4.62. The van der Waals surface area contributed by atoms with Gasteiger partial charge in [0.25, 0.3) is 0 Å². The normalized spacial score (nSPS) is 29.6. The van der Waals surface area contributed by atoms with Crippen LogP contribution < -0.4 is 0 Å². The summed E-state index contributed by atoms with van der Waals surface area (Å²) in [5.41, 5.74) is 0. The van der Waals surface area contributed by atoms with Gasteiger partial charge in [-0.15, -0.1) is 11.3 Å². The molecule has 0 amide bonds. The van der Waals surface area contributed by atoms with Gasteiger partial charge in [0.05, 0.1) is 12.7 Å². The van der Waals surface area contributed by atoms with Crippen molar-refractivity contribution in [2.45, 2.75) is 38.1 Å². The molecular weight excluding hydrogens is 280 g/mol. The minimum Gasteiger partial charge on any atom is -0.375 e. The summed E-state index contributed by atoms with van der Waals surface area (Å²) in [7, 11) is 0. The lowest BCUT2D eigenvalue weighted by atomic mass is 10.0. The Morgan fingerprint density at radius 1 is 1.19 bits per heavy atom. The van der Waals surface area contributed by atoms with Crippen LogP contribution in [0.15, 0.2) is 42.0 Å². The summed E-state index contributed by atoms with van der Waals surface area (Å²) in [6.45, 7) is 4.16. The van der Waals surface area contributed by atoms with Gasteiger partial charge in [0.1, 0.15) is 0 Å². The van der Waals surface area contributed by atoms with Crippen molar-refractivity contribution >= 4 is 11.3 Å². The number of morpholine rings is 1. The standard InChI is InChI=1S/C17H22N2OS/c1-2-8-18(7-1)12-14-5-6-16-17(14)20-10-9-19(16)13-15-4-3-11-21-15/h1-4,7-8,11,14,16-17H,5-6,9-10,12-13H2/t14-,16-,17-/m1/s1. The summed E-state index contributed by atoms with van der Waals surface area (Å²) in [6, 6.07) is 9.23. The van der Waals surface area contributed by atoms with Crippen LogP contribution in [-0.2, 0) is 17.8 Å². The first kappa shape index (κ1) is 13.6. The van der Waals surface area contributed by atoms with Crippen molar-refractivity contribution in [2.75, 3.05) is 13.2 Å². The predicted octanol–water partition coefficient (Wildman–Crippen LogP) is 3.23. The summed E-state index contributed by atoms with van der Waals surface area (Å²) in [5, 5.41) is 2.18. The Morgan fingerprint density at radius 3 is 2.90 bits per heavy atom. The van der Waals surface area contributed by atoms with Crippen LogP contribution in [0.1, 0.15) is 17.7 Å². The van der Waals surface area contributed by atoms with E-state index in [9.17, 15) is 0 Å². The lowest BCUT2D eigenvalue weighted by molar-refractivity contribution is -0.0783. The molecule has 112 valence electrons. The molecule has 4 heteroatoms. The highest BCUT2D eigenvalue weighted by molar-refractivity contribution is 7.09. The minimum absolute atomic E-state index is 0.418. The molecule has 1 saturated heterocycles. The third-order valence-corrected chi connectivity index (χ3v) is 5.75. The zero-order valence-electron chi connectivity index (χ0n) is 12.2. The van der Waals surface area contributed by atoms with E-state index in [0.717, 1.165) is 26.2 Å². The second kappa shape index (κ2) is 5.95. The number of aromatic nitrogens is 1. The van der Waals surface area contributed by atoms with Crippen LogP contribution in [0.5, 0.6) is 0 Å². The molecule has 1 saturated carbocycles. The van der Waals surface area contributed by atoms with Crippen molar-refractivity contribution in [2.24, 2.45) is 5.92 Å². The fraction of sp³-hybridized carbons (Fsp3) is 0.529. The lowest BCUT2D eigenvalue weighted by Crippen LogP contribution is -2.50. The highest BCUT2D eigenvalue weighted by atomic mass is 32.1. The molecule has 2 aliphatic rings. The summed E-state index contributed by atoms with van der Waals surface area (Å²) >= 11 is 1.87. The summed E-state index contributed by atoms with van der Waals surface area (Å²) in [5.74, 6) is 0.661. The number of ether oxygens (including phenoxy) is 1. The van der Waals surface area contributed by atoms with Crippen molar-refractivity contribution in [1.29, 1.82) is 0 Å². The molecule has 1 aliphatic heterocycles. The number of hydrogen-bond acceptors (Lipinski definition) is 3. The maximum absolute atomic E-state index is 6.16. The van der Waals surface area contributed by atoms with Crippen LogP contribution in [0.25, 0.3) is 0 Å². The first-order chi connectivity index (χ1) is 10.4. The van der Waals surface area contributed by atoms with Crippen molar-refractivity contribution in [3.63, 3.8) is 0 Å². The maximum Gasteiger partial charge on any atom is 0.0776 e. The number of thiophene rings is 1. The quantitative estimate of drug-likeness (QED) is 0.863. The van der Waals surface area contributed by atoms with Gasteiger partial charge in [0.2, 0.25) is 0 Å². The highest BCUT2D eigenvalue weighted by Gasteiger charge is 2.42. The number of nitrogens with zero attached hydrogens (tertiary/aromatic N) is 2. The van der Waals surface area contributed by atoms with E-state index in [0.29, 0.717) is 18.1 Å². The van der Waals surface area contributed by atoms with Gasteiger partial charge in [-0.05, 0) is 36.4 Å². The number of rotatable bonds is 4. The van der Waals surface area contributed by atoms with Crippen LogP contribution in [0.2, 0.25) is 0 Å². The van der Waals surface area contributed by atoms with E-state index in [2.05, 4.69) is 51.5 Å². The fourth-order valence-electron chi connectivity index (χ4n) is 3.89. The Balaban J connectivity index is 1.44. The SMILES string of the molecule is c1csc(CN2CCO[C@@H]3[C@@H](Cn4cccc4)CC[C@H]32)c1. The molecule has 2 fully saturated rings. The predicted molar refractivity (Wildman–Crippen MR) is 85.4 cm³/mol. The zero-order chi connectivity index (χ0) is 14.1. The second-order valence-electron chi connectivity index (χ2n) is 6.17. The molecule has 0 bridgehead atoms. The van der Waals surface area contributed by atoms with E-state index < -0.39 is 0 Å². The van der Waals surface area contributed by atoms with E-state index in [1.165, 1.54) is 17.7 Å². The molecule has 0 radical (unpaired) electrons. The molecule has 2 aromatic rings. The van der Waals surface area contributed by atoms with Crippen LogP contribution in [-0.4, -0.2) is 34.8 Å². The van der Waals surface area contributed by atoms with E-state index in [4.69, 9.17) is 4.74 Å². The summed E-state index contributed by atoms with van der Waals surface area (Å²) in [6.07, 6.45) is 7.32. The molecule has 3 atom stereocenters. The molecule has 0 spiro atoms. The molecule has 4 rings (SSSR count). The minimum atomic E-state index is 0.418.